The SMILES string of the molecule is CCCCc1ccc(-c2cccc3c2C=C(CCC)[CH]3[Zr])cc1. The van der Waals surface area contributed by atoms with E-state index in [4.69, 9.17) is 0 Å². The molecule has 0 nitrogen and oxygen atoms in total. The number of unbranched alkanes of at least 4 members (excludes halogenated alkanes) is 1. The predicted molar refractivity (Wildman–Crippen MR) is 96.1 cm³/mol. The second kappa shape index (κ2) is 7.76. The maximum atomic E-state index is 2.47. The van der Waals surface area contributed by atoms with E-state index in [1.165, 1.54) is 54.4 Å². The Morgan fingerprint density at radius 2 is 1.70 bits per heavy atom. The fraction of sp³-hybridized carbons (Fsp3) is 0.364. The Labute approximate surface area is 155 Å². The molecule has 23 heavy (non-hydrogen) atoms. The Kier molecular flexibility index (Phi) is 5.70. The van der Waals surface area contributed by atoms with Crippen molar-refractivity contribution in [3.63, 3.8) is 0 Å². The first-order chi connectivity index (χ1) is 11.2. The van der Waals surface area contributed by atoms with Crippen molar-refractivity contribution in [1.82, 2.24) is 0 Å². The van der Waals surface area contributed by atoms with Crippen LogP contribution >= 0.6 is 0 Å². The van der Waals surface area contributed by atoms with Crippen molar-refractivity contribution in [1.29, 1.82) is 0 Å². The molecule has 0 spiro atoms. The number of fused-ring (bicyclic) bond motifs is 1. The van der Waals surface area contributed by atoms with E-state index in [-0.39, 0.29) is 0 Å². The molecular formula is C22H25Zr. The minimum absolute atomic E-state index is 0.668. The minimum atomic E-state index is 0.668. The zero-order valence-electron chi connectivity index (χ0n) is 14.2. The number of hydrogen-bond acceptors (Lipinski definition) is 0. The van der Waals surface area contributed by atoms with Crippen LogP contribution in [0.15, 0.2) is 48.0 Å². The molecule has 1 aliphatic rings. The molecule has 117 valence electrons. The first-order valence-corrected chi connectivity index (χ1v) is 10.3. The van der Waals surface area contributed by atoms with Crippen LogP contribution in [0.1, 0.15) is 59.8 Å². The van der Waals surface area contributed by atoms with Crippen LogP contribution in [0.5, 0.6) is 0 Å². The van der Waals surface area contributed by atoms with Crippen molar-refractivity contribution >= 4 is 6.08 Å². The first-order valence-electron chi connectivity index (χ1n) is 8.88. The van der Waals surface area contributed by atoms with Gasteiger partial charge in [-0.2, -0.15) is 0 Å². The summed E-state index contributed by atoms with van der Waals surface area (Å²) in [5, 5.41) is 0. The third-order valence-corrected chi connectivity index (χ3v) is 6.45. The van der Waals surface area contributed by atoms with Crippen molar-refractivity contribution in [3.8, 4) is 11.1 Å². The van der Waals surface area contributed by atoms with E-state index in [9.17, 15) is 0 Å². The number of aryl methyl sites for hydroxylation is 1. The molecule has 0 aliphatic heterocycles. The van der Waals surface area contributed by atoms with E-state index >= 15 is 0 Å². The summed E-state index contributed by atoms with van der Waals surface area (Å²) in [6.45, 7) is 4.54. The van der Waals surface area contributed by atoms with Gasteiger partial charge < -0.3 is 0 Å². The molecule has 2 aromatic carbocycles. The zero-order valence-corrected chi connectivity index (χ0v) is 16.7. The zero-order chi connectivity index (χ0) is 16.2. The van der Waals surface area contributed by atoms with Crippen molar-refractivity contribution in [2.45, 2.75) is 49.6 Å². The van der Waals surface area contributed by atoms with Gasteiger partial charge in [0.05, 0.1) is 0 Å². The average molecular weight is 381 g/mol. The van der Waals surface area contributed by atoms with Crippen molar-refractivity contribution in [3.05, 3.63) is 64.7 Å². The molecule has 2 aromatic rings. The molecule has 0 N–H and O–H groups in total. The van der Waals surface area contributed by atoms with Gasteiger partial charge >= 0.3 is 156 Å². The van der Waals surface area contributed by atoms with Crippen LogP contribution in [0.3, 0.4) is 0 Å². The maximum absolute atomic E-state index is 2.47. The van der Waals surface area contributed by atoms with Gasteiger partial charge in [-0.3, -0.25) is 0 Å². The Bertz CT molecular complexity index is 694. The van der Waals surface area contributed by atoms with E-state index in [0.717, 1.165) is 0 Å². The molecule has 3 rings (SSSR count). The summed E-state index contributed by atoms with van der Waals surface area (Å²) in [4.78, 5) is 0. The average Bonchev–Trinajstić information content (AvgIpc) is 2.90. The van der Waals surface area contributed by atoms with Crippen molar-refractivity contribution in [2.24, 2.45) is 0 Å². The third-order valence-electron chi connectivity index (χ3n) is 4.77. The summed E-state index contributed by atoms with van der Waals surface area (Å²) in [6, 6.07) is 16.1. The standard InChI is InChI=1S/C22H25.Zr/c1-3-5-8-17-11-13-19(14-12-17)21-10-6-9-20-15-18(7-4-2)16-22(20)21;/h6,9-16H,3-5,7-8H2,1-2H3;. The van der Waals surface area contributed by atoms with Crippen LogP contribution in [-0.4, -0.2) is 0 Å². The summed E-state index contributed by atoms with van der Waals surface area (Å²) in [5.41, 5.74) is 8.87. The van der Waals surface area contributed by atoms with Gasteiger partial charge in [-0.1, -0.05) is 0 Å². The molecule has 0 aromatic heterocycles. The molecule has 0 saturated carbocycles. The number of hydrogen-bond donors (Lipinski definition) is 0. The molecule has 0 heterocycles. The second-order valence-electron chi connectivity index (χ2n) is 6.51. The predicted octanol–water partition coefficient (Wildman–Crippen LogP) is 6.48. The normalized spacial score (nSPS) is 16.2. The van der Waals surface area contributed by atoms with Crippen LogP contribution in [0.2, 0.25) is 0 Å². The summed E-state index contributed by atoms with van der Waals surface area (Å²) in [6.07, 6.45) is 8.69. The fourth-order valence-corrected chi connectivity index (χ4v) is 4.63. The third kappa shape index (κ3) is 3.61. The number of allylic oxidation sites excluding steroid dienone is 1. The van der Waals surface area contributed by atoms with E-state index in [0.29, 0.717) is 3.63 Å². The second-order valence-corrected chi connectivity index (χ2v) is 7.93. The van der Waals surface area contributed by atoms with Crippen LogP contribution in [0, 0.1) is 0 Å². The Morgan fingerprint density at radius 3 is 2.39 bits per heavy atom. The summed E-state index contributed by atoms with van der Waals surface area (Å²) in [7, 11) is 0. The fourth-order valence-electron chi connectivity index (χ4n) is 3.45. The molecule has 0 saturated heterocycles. The van der Waals surface area contributed by atoms with Crippen LogP contribution in [0.25, 0.3) is 17.2 Å². The van der Waals surface area contributed by atoms with E-state index < -0.39 is 0 Å². The molecule has 1 unspecified atom stereocenters. The van der Waals surface area contributed by atoms with Gasteiger partial charge in [-0.05, 0) is 0 Å². The molecule has 0 amide bonds. The summed E-state index contributed by atoms with van der Waals surface area (Å²) < 4.78 is 0.668. The van der Waals surface area contributed by atoms with E-state index in [1.54, 1.807) is 35.9 Å². The molecule has 0 radical (unpaired) electrons. The summed E-state index contributed by atoms with van der Waals surface area (Å²) >= 11 is 1.62. The number of benzene rings is 2. The van der Waals surface area contributed by atoms with Gasteiger partial charge in [0.15, 0.2) is 0 Å². The molecule has 0 fully saturated rings. The monoisotopic (exact) mass is 379 g/mol. The topological polar surface area (TPSA) is 0 Å². The summed E-state index contributed by atoms with van der Waals surface area (Å²) in [5.74, 6) is 0. The van der Waals surface area contributed by atoms with E-state index in [2.05, 4.69) is 62.4 Å². The molecule has 1 aliphatic carbocycles. The van der Waals surface area contributed by atoms with Crippen LogP contribution in [-0.2, 0) is 31.1 Å². The Hall–Kier alpha value is -0.937. The molecule has 0 bridgehead atoms. The van der Waals surface area contributed by atoms with Gasteiger partial charge in [-0.15, -0.1) is 0 Å². The Balaban J connectivity index is 1.93. The van der Waals surface area contributed by atoms with Gasteiger partial charge in [0.2, 0.25) is 0 Å². The molecular weight excluding hydrogens is 355 g/mol. The van der Waals surface area contributed by atoms with Gasteiger partial charge in [-0.25, -0.2) is 0 Å². The molecule has 1 heteroatoms. The van der Waals surface area contributed by atoms with Crippen LogP contribution in [0.4, 0.5) is 0 Å². The van der Waals surface area contributed by atoms with Crippen molar-refractivity contribution in [2.75, 3.05) is 0 Å². The van der Waals surface area contributed by atoms with Crippen LogP contribution < -0.4 is 0 Å². The van der Waals surface area contributed by atoms with Crippen molar-refractivity contribution < 1.29 is 24.7 Å². The Morgan fingerprint density at radius 1 is 0.913 bits per heavy atom. The first kappa shape index (κ1) is 16.9. The van der Waals surface area contributed by atoms with E-state index in [1.807, 2.05) is 0 Å². The molecule has 1 atom stereocenters. The van der Waals surface area contributed by atoms with Gasteiger partial charge in [0, 0.05) is 0 Å². The number of rotatable bonds is 6. The van der Waals surface area contributed by atoms with Gasteiger partial charge in [0.25, 0.3) is 0 Å². The van der Waals surface area contributed by atoms with Gasteiger partial charge in [0.1, 0.15) is 0 Å². The quantitative estimate of drug-likeness (QED) is 0.538.